The number of anilines is 1. The van der Waals surface area contributed by atoms with E-state index in [1.165, 1.54) is 38.5 Å². The number of sulfonamides is 1. The van der Waals surface area contributed by atoms with Crippen LogP contribution in [0.3, 0.4) is 0 Å². The summed E-state index contributed by atoms with van der Waals surface area (Å²) in [5.41, 5.74) is 0.177. The van der Waals surface area contributed by atoms with Crippen molar-refractivity contribution in [3.8, 4) is 23.0 Å². The molecule has 0 spiro atoms. The summed E-state index contributed by atoms with van der Waals surface area (Å²) in [5.74, 6) is 1.67. The number of methoxy groups -OCH3 is 2. The lowest BCUT2D eigenvalue weighted by molar-refractivity contribution is 0.297. The average molecular weight is 400 g/mol. The van der Waals surface area contributed by atoms with Gasteiger partial charge in [-0.3, -0.25) is 4.72 Å². The fraction of sp³-hybridized carbons (Fsp3) is 0.294. The molecule has 0 unspecified atom stereocenters. The minimum atomic E-state index is -3.89. The Morgan fingerprint density at radius 1 is 1.00 bits per heavy atom. The molecule has 7 nitrogen and oxygen atoms in total. The maximum Gasteiger partial charge on any atom is 0.262 e. The zero-order valence-corrected chi connectivity index (χ0v) is 15.8. The molecular formula is C17H18ClNO6S. The number of hydrogen-bond donors (Lipinski definition) is 1. The van der Waals surface area contributed by atoms with Crippen molar-refractivity contribution < 1.29 is 27.4 Å². The number of fused-ring (bicyclic) bond motifs is 1. The summed E-state index contributed by atoms with van der Waals surface area (Å²) < 4.78 is 49.3. The molecule has 1 aliphatic heterocycles. The lowest BCUT2D eigenvalue weighted by atomic mass is 10.3. The van der Waals surface area contributed by atoms with Crippen LogP contribution >= 0.6 is 11.6 Å². The van der Waals surface area contributed by atoms with E-state index in [9.17, 15) is 8.42 Å². The molecule has 0 aromatic heterocycles. The smallest absolute Gasteiger partial charge is 0.262 e. The minimum Gasteiger partial charge on any atom is -0.493 e. The molecule has 0 amide bonds. The number of benzene rings is 2. The van der Waals surface area contributed by atoms with E-state index in [1.54, 1.807) is 6.07 Å². The lowest BCUT2D eigenvalue weighted by Crippen LogP contribution is -2.13. The van der Waals surface area contributed by atoms with Crippen molar-refractivity contribution >= 4 is 27.3 Å². The first-order valence-electron chi connectivity index (χ1n) is 7.78. The summed E-state index contributed by atoms with van der Waals surface area (Å²) in [5, 5.41) is 0.181. The van der Waals surface area contributed by atoms with Gasteiger partial charge >= 0.3 is 0 Å². The largest absolute Gasteiger partial charge is 0.493 e. The second-order valence-electron chi connectivity index (χ2n) is 5.45. The molecule has 0 radical (unpaired) electrons. The maximum absolute atomic E-state index is 12.7. The topological polar surface area (TPSA) is 83.1 Å². The van der Waals surface area contributed by atoms with Crippen LogP contribution in [-0.2, 0) is 10.0 Å². The van der Waals surface area contributed by atoms with E-state index in [0.717, 1.165) is 6.42 Å². The molecule has 26 heavy (non-hydrogen) atoms. The fourth-order valence-corrected chi connectivity index (χ4v) is 3.79. The normalized spacial score (nSPS) is 13.7. The molecule has 1 aliphatic rings. The Bertz CT molecular complexity index is 916. The van der Waals surface area contributed by atoms with Gasteiger partial charge in [0, 0.05) is 24.6 Å². The van der Waals surface area contributed by atoms with Crippen LogP contribution in [0.25, 0.3) is 0 Å². The molecular weight excluding hydrogens is 382 g/mol. The number of nitrogens with one attached hydrogen (secondary N) is 1. The van der Waals surface area contributed by atoms with E-state index in [0.29, 0.717) is 36.2 Å². The predicted molar refractivity (Wildman–Crippen MR) is 97.4 cm³/mol. The summed E-state index contributed by atoms with van der Waals surface area (Å²) in [6.45, 7) is 0.990. The Kier molecular flexibility index (Phi) is 5.33. The predicted octanol–water partition coefficient (Wildman–Crippen LogP) is 3.32. The van der Waals surface area contributed by atoms with Gasteiger partial charge < -0.3 is 18.9 Å². The maximum atomic E-state index is 12.7. The zero-order chi connectivity index (χ0) is 18.7. The molecule has 2 aromatic rings. The van der Waals surface area contributed by atoms with Gasteiger partial charge in [-0.1, -0.05) is 11.6 Å². The molecule has 0 bridgehead atoms. The Morgan fingerprint density at radius 2 is 1.65 bits per heavy atom. The minimum absolute atomic E-state index is 0.0348. The van der Waals surface area contributed by atoms with Gasteiger partial charge in [0.2, 0.25) is 0 Å². The molecule has 0 aliphatic carbocycles. The monoisotopic (exact) mass is 399 g/mol. The Labute approximate surface area is 156 Å². The third kappa shape index (κ3) is 3.76. The van der Waals surface area contributed by atoms with Gasteiger partial charge in [0.05, 0.1) is 43.0 Å². The number of halogens is 1. The molecule has 1 heterocycles. The standard InChI is InChI=1S/C17H18ClNO6S/c1-22-15-9-12(18)13(10-16(15)23-2)19-26(20,21)11-4-5-14-17(8-11)25-7-3-6-24-14/h4-5,8-10,19H,3,6-7H2,1-2H3. The van der Waals surface area contributed by atoms with Gasteiger partial charge in [-0.15, -0.1) is 0 Å². The number of hydrogen-bond acceptors (Lipinski definition) is 6. The van der Waals surface area contributed by atoms with Crippen LogP contribution in [0.2, 0.25) is 5.02 Å². The van der Waals surface area contributed by atoms with Gasteiger partial charge in [-0.05, 0) is 12.1 Å². The summed E-state index contributed by atoms with van der Waals surface area (Å²) in [6.07, 6.45) is 0.732. The highest BCUT2D eigenvalue weighted by Crippen LogP contribution is 2.38. The Balaban J connectivity index is 1.93. The van der Waals surface area contributed by atoms with Crippen LogP contribution in [0.5, 0.6) is 23.0 Å². The van der Waals surface area contributed by atoms with E-state index in [4.69, 9.17) is 30.5 Å². The third-order valence-electron chi connectivity index (χ3n) is 3.75. The van der Waals surface area contributed by atoms with Crippen molar-refractivity contribution in [2.75, 3.05) is 32.2 Å². The van der Waals surface area contributed by atoms with Gasteiger partial charge in [-0.25, -0.2) is 8.42 Å². The van der Waals surface area contributed by atoms with Gasteiger partial charge in [0.15, 0.2) is 23.0 Å². The van der Waals surface area contributed by atoms with Crippen LogP contribution in [-0.4, -0.2) is 35.9 Å². The molecule has 0 saturated heterocycles. The molecule has 1 N–H and O–H groups in total. The highest BCUT2D eigenvalue weighted by atomic mass is 35.5. The Morgan fingerprint density at radius 3 is 2.35 bits per heavy atom. The van der Waals surface area contributed by atoms with Crippen molar-refractivity contribution in [3.63, 3.8) is 0 Å². The van der Waals surface area contributed by atoms with E-state index in [2.05, 4.69) is 4.72 Å². The van der Waals surface area contributed by atoms with Gasteiger partial charge in [0.1, 0.15) is 0 Å². The summed E-state index contributed by atoms with van der Waals surface area (Å²) in [4.78, 5) is 0.0348. The first-order chi connectivity index (χ1) is 12.4. The molecule has 0 saturated carbocycles. The number of ether oxygens (including phenoxy) is 4. The summed E-state index contributed by atoms with van der Waals surface area (Å²) >= 11 is 6.16. The Hall–Kier alpha value is -2.32. The second-order valence-corrected chi connectivity index (χ2v) is 7.54. The van der Waals surface area contributed by atoms with Gasteiger partial charge in [0.25, 0.3) is 10.0 Å². The highest BCUT2D eigenvalue weighted by molar-refractivity contribution is 7.92. The quantitative estimate of drug-likeness (QED) is 0.830. The van der Waals surface area contributed by atoms with Crippen molar-refractivity contribution in [2.24, 2.45) is 0 Å². The zero-order valence-electron chi connectivity index (χ0n) is 14.2. The van der Waals surface area contributed by atoms with E-state index < -0.39 is 10.0 Å². The fourth-order valence-electron chi connectivity index (χ4n) is 2.45. The van der Waals surface area contributed by atoms with Crippen molar-refractivity contribution in [1.29, 1.82) is 0 Å². The van der Waals surface area contributed by atoms with E-state index in [1.807, 2.05) is 0 Å². The van der Waals surface area contributed by atoms with Crippen molar-refractivity contribution in [2.45, 2.75) is 11.3 Å². The molecule has 0 fully saturated rings. The van der Waals surface area contributed by atoms with Crippen LogP contribution in [0.4, 0.5) is 5.69 Å². The molecule has 2 aromatic carbocycles. The van der Waals surface area contributed by atoms with Crippen LogP contribution in [0, 0.1) is 0 Å². The molecule has 0 atom stereocenters. The number of rotatable bonds is 5. The first-order valence-corrected chi connectivity index (χ1v) is 9.64. The second kappa shape index (κ2) is 7.51. The highest BCUT2D eigenvalue weighted by Gasteiger charge is 2.21. The first kappa shape index (κ1) is 18.5. The lowest BCUT2D eigenvalue weighted by Gasteiger charge is -2.14. The molecule has 140 valence electrons. The summed E-state index contributed by atoms with van der Waals surface area (Å²) in [7, 11) is -0.972. The van der Waals surface area contributed by atoms with Crippen LogP contribution in [0.15, 0.2) is 35.2 Å². The molecule has 3 rings (SSSR count). The van der Waals surface area contributed by atoms with Crippen LogP contribution in [0.1, 0.15) is 6.42 Å². The third-order valence-corrected chi connectivity index (χ3v) is 5.42. The van der Waals surface area contributed by atoms with Gasteiger partial charge in [-0.2, -0.15) is 0 Å². The summed E-state index contributed by atoms with van der Waals surface area (Å²) in [6, 6.07) is 7.39. The van der Waals surface area contributed by atoms with Crippen molar-refractivity contribution in [1.82, 2.24) is 0 Å². The van der Waals surface area contributed by atoms with Crippen LogP contribution < -0.4 is 23.7 Å². The van der Waals surface area contributed by atoms with E-state index >= 15 is 0 Å². The van der Waals surface area contributed by atoms with Crippen molar-refractivity contribution in [3.05, 3.63) is 35.4 Å². The average Bonchev–Trinajstić information content (AvgIpc) is 2.87. The van der Waals surface area contributed by atoms with E-state index in [-0.39, 0.29) is 15.6 Å². The molecule has 9 heteroatoms. The SMILES string of the molecule is COc1cc(Cl)c(NS(=O)(=O)c2ccc3c(c2)OCCCO3)cc1OC.